The van der Waals surface area contributed by atoms with Crippen molar-refractivity contribution in [3.63, 3.8) is 0 Å². The zero-order valence-corrected chi connectivity index (χ0v) is 14.3. The number of rotatable bonds is 6. The predicted octanol–water partition coefficient (Wildman–Crippen LogP) is 3.97. The normalized spacial score (nSPS) is 10.5. The minimum Gasteiger partial charge on any atom is -0.494 e. The summed E-state index contributed by atoms with van der Waals surface area (Å²) in [6.45, 7) is 2.52. The molecule has 6 nitrogen and oxygen atoms in total. The third-order valence-electron chi connectivity index (χ3n) is 3.34. The second-order valence-electron chi connectivity index (χ2n) is 5.22. The molecule has 0 atom stereocenters. The van der Waals surface area contributed by atoms with Gasteiger partial charge in [0.25, 0.3) is 0 Å². The van der Waals surface area contributed by atoms with Gasteiger partial charge in [-0.25, -0.2) is 0 Å². The molecule has 0 aliphatic carbocycles. The van der Waals surface area contributed by atoms with Gasteiger partial charge in [-0.2, -0.15) is 0 Å². The molecule has 0 aliphatic heterocycles. The van der Waals surface area contributed by atoms with Crippen molar-refractivity contribution < 1.29 is 13.9 Å². The van der Waals surface area contributed by atoms with Crippen LogP contribution in [0.5, 0.6) is 5.75 Å². The number of carbonyl (C=O) groups is 1. The van der Waals surface area contributed by atoms with Gasteiger partial charge in [-0.3, -0.25) is 10.1 Å². The Morgan fingerprint density at radius 2 is 2.00 bits per heavy atom. The molecule has 1 heterocycles. The standard InChI is InChI=1S/C18H16ClN3O3/c1-2-24-15-8-6-12(7-9-15)10-16(23)20-18-22-21-17(25-18)13-4-3-5-14(19)11-13/h3-9,11H,2,10H2,1H3,(H,20,22,23). The molecule has 7 heteroatoms. The molecular weight excluding hydrogens is 342 g/mol. The van der Waals surface area contributed by atoms with Gasteiger partial charge in [0.15, 0.2) is 0 Å². The van der Waals surface area contributed by atoms with Gasteiger partial charge in [-0.15, -0.1) is 5.10 Å². The summed E-state index contributed by atoms with van der Waals surface area (Å²) >= 11 is 5.94. The van der Waals surface area contributed by atoms with Crippen LogP contribution in [0.1, 0.15) is 12.5 Å². The molecular formula is C18H16ClN3O3. The molecule has 0 saturated carbocycles. The van der Waals surface area contributed by atoms with Crippen molar-refractivity contribution in [3.8, 4) is 17.2 Å². The van der Waals surface area contributed by atoms with Gasteiger partial charge in [0.05, 0.1) is 13.0 Å². The van der Waals surface area contributed by atoms with Crippen LogP contribution in [-0.4, -0.2) is 22.7 Å². The fourth-order valence-electron chi connectivity index (χ4n) is 2.23. The second kappa shape index (κ2) is 7.81. The SMILES string of the molecule is CCOc1ccc(CC(=O)Nc2nnc(-c3cccc(Cl)c3)o2)cc1. The number of carbonyl (C=O) groups excluding carboxylic acids is 1. The third-order valence-corrected chi connectivity index (χ3v) is 3.58. The number of anilines is 1. The zero-order valence-electron chi connectivity index (χ0n) is 13.5. The van der Waals surface area contributed by atoms with E-state index in [1.165, 1.54) is 0 Å². The van der Waals surface area contributed by atoms with Crippen LogP contribution in [0.15, 0.2) is 52.9 Å². The molecule has 25 heavy (non-hydrogen) atoms. The number of hydrogen-bond donors (Lipinski definition) is 1. The highest BCUT2D eigenvalue weighted by atomic mass is 35.5. The summed E-state index contributed by atoms with van der Waals surface area (Å²) in [7, 11) is 0. The van der Waals surface area contributed by atoms with Crippen molar-refractivity contribution in [1.82, 2.24) is 10.2 Å². The first-order chi connectivity index (χ1) is 12.1. The number of amides is 1. The van der Waals surface area contributed by atoms with Crippen LogP contribution >= 0.6 is 11.6 Å². The van der Waals surface area contributed by atoms with Crippen molar-refractivity contribution in [2.75, 3.05) is 11.9 Å². The van der Waals surface area contributed by atoms with Gasteiger partial charge >= 0.3 is 6.01 Å². The number of hydrogen-bond acceptors (Lipinski definition) is 5. The summed E-state index contributed by atoms with van der Waals surface area (Å²) in [6.07, 6.45) is 0.196. The molecule has 1 amide bonds. The Bertz CT molecular complexity index is 862. The molecule has 0 fully saturated rings. The van der Waals surface area contributed by atoms with Crippen molar-refractivity contribution >= 4 is 23.5 Å². The highest BCUT2D eigenvalue weighted by molar-refractivity contribution is 6.30. The Balaban J connectivity index is 1.61. The highest BCUT2D eigenvalue weighted by Gasteiger charge is 2.12. The highest BCUT2D eigenvalue weighted by Crippen LogP contribution is 2.22. The Labute approximate surface area is 149 Å². The van der Waals surface area contributed by atoms with Crippen molar-refractivity contribution in [2.24, 2.45) is 0 Å². The minimum atomic E-state index is -0.245. The Kier molecular flexibility index (Phi) is 5.30. The lowest BCUT2D eigenvalue weighted by Crippen LogP contribution is -2.14. The number of benzene rings is 2. The molecule has 1 aromatic heterocycles. The summed E-state index contributed by atoms with van der Waals surface area (Å²) in [5.74, 6) is 0.819. The van der Waals surface area contributed by atoms with E-state index >= 15 is 0 Å². The van der Waals surface area contributed by atoms with Gasteiger partial charge in [-0.05, 0) is 42.8 Å². The van der Waals surface area contributed by atoms with Crippen LogP contribution in [0, 0.1) is 0 Å². The van der Waals surface area contributed by atoms with E-state index in [0.717, 1.165) is 11.3 Å². The van der Waals surface area contributed by atoms with Crippen LogP contribution < -0.4 is 10.1 Å². The van der Waals surface area contributed by atoms with E-state index in [1.807, 2.05) is 31.2 Å². The first kappa shape index (κ1) is 17.0. The third kappa shape index (κ3) is 4.58. The minimum absolute atomic E-state index is 0.0471. The van der Waals surface area contributed by atoms with Crippen LogP contribution in [0.2, 0.25) is 5.02 Å². The van der Waals surface area contributed by atoms with E-state index in [4.69, 9.17) is 20.8 Å². The molecule has 1 N–H and O–H groups in total. The van der Waals surface area contributed by atoms with Gasteiger partial charge < -0.3 is 9.15 Å². The van der Waals surface area contributed by atoms with Crippen LogP contribution in [0.4, 0.5) is 6.01 Å². The number of aromatic nitrogens is 2. The summed E-state index contributed by atoms with van der Waals surface area (Å²) < 4.78 is 10.8. The fraction of sp³-hybridized carbons (Fsp3) is 0.167. The van der Waals surface area contributed by atoms with E-state index in [2.05, 4.69) is 15.5 Å². The smallest absolute Gasteiger partial charge is 0.322 e. The van der Waals surface area contributed by atoms with Gasteiger partial charge in [0.2, 0.25) is 11.8 Å². The van der Waals surface area contributed by atoms with Crippen molar-refractivity contribution in [1.29, 1.82) is 0 Å². The molecule has 0 aliphatic rings. The molecule has 2 aromatic carbocycles. The van der Waals surface area contributed by atoms with Gasteiger partial charge in [0.1, 0.15) is 5.75 Å². The zero-order chi connectivity index (χ0) is 17.6. The van der Waals surface area contributed by atoms with Crippen LogP contribution in [-0.2, 0) is 11.2 Å². The molecule has 0 bridgehead atoms. The van der Waals surface area contributed by atoms with E-state index in [0.29, 0.717) is 23.1 Å². The first-order valence-electron chi connectivity index (χ1n) is 7.75. The molecule has 0 spiro atoms. The molecule has 3 rings (SSSR count). The lowest BCUT2D eigenvalue weighted by atomic mass is 10.1. The average molecular weight is 358 g/mol. The largest absolute Gasteiger partial charge is 0.494 e. The number of ether oxygens (including phenoxy) is 1. The maximum absolute atomic E-state index is 12.1. The topological polar surface area (TPSA) is 77.2 Å². The molecule has 128 valence electrons. The Morgan fingerprint density at radius 3 is 2.72 bits per heavy atom. The van der Waals surface area contributed by atoms with E-state index < -0.39 is 0 Å². The quantitative estimate of drug-likeness (QED) is 0.722. The fourth-order valence-corrected chi connectivity index (χ4v) is 2.42. The lowest BCUT2D eigenvalue weighted by Gasteiger charge is -2.04. The number of halogens is 1. The second-order valence-corrected chi connectivity index (χ2v) is 5.66. The molecule has 3 aromatic rings. The van der Waals surface area contributed by atoms with Crippen molar-refractivity contribution in [3.05, 3.63) is 59.1 Å². The molecule has 0 saturated heterocycles. The Hall–Kier alpha value is -2.86. The van der Waals surface area contributed by atoms with Gasteiger partial charge in [-0.1, -0.05) is 34.9 Å². The summed E-state index contributed by atoms with van der Waals surface area (Å²) in [4.78, 5) is 12.1. The summed E-state index contributed by atoms with van der Waals surface area (Å²) in [6, 6.07) is 14.4. The number of nitrogens with one attached hydrogen (secondary N) is 1. The van der Waals surface area contributed by atoms with Gasteiger partial charge in [0, 0.05) is 10.6 Å². The lowest BCUT2D eigenvalue weighted by molar-refractivity contribution is -0.115. The molecule has 0 radical (unpaired) electrons. The maximum atomic E-state index is 12.1. The summed E-state index contributed by atoms with van der Waals surface area (Å²) in [5, 5.41) is 10.9. The van der Waals surface area contributed by atoms with E-state index in [-0.39, 0.29) is 18.3 Å². The Morgan fingerprint density at radius 1 is 1.20 bits per heavy atom. The van der Waals surface area contributed by atoms with Crippen LogP contribution in [0.3, 0.4) is 0 Å². The summed E-state index contributed by atoms with van der Waals surface area (Å²) in [5.41, 5.74) is 1.54. The monoisotopic (exact) mass is 357 g/mol. The maximum Gasteiger partial charge on any atom is 0.322 e. The van der Waals surface area contributed by atoms with E-state index in [9.17, 15) is 4.79 Å². The first-order valence-corrected chi connectivity index (χ1v) is 8.13. The van der Waals surface area contributed by atoms with E-state index in [1.54, 1.807) is 24.3 Å². The molecule has 0 unspecified atom stereocenters. The number of nitrogens with zero attached hydrogens (tertiary/aromatic N) is 2. The predicted molar refractivity (Wildman–Crippen MR) is 94.7 cm³/mol. The average Bonchev–Trinajstić information content (AvgIpc) is 3.05. The van der Waals surface area contributed by atoms with Crippen molar-refractivity contribution in [2.45, 2.75) is 13.3 Å². The van der Waals surface area contributed by atoms with Crippen LogP contribution in [0.25, 0.3) is 11.5 Å².